The number of sulfone groups is 2. The van der Waals surface area contributed by atoms with Crippen molar-refractivity contribution in [3.63, 3.8) is 0 Å². The van der Waals surface area contributed by atoms with Crippen molar-refractivity contribution in [2.45, 2.75) is 4.58 Å². The predicted octanol–water partition coefficient (Wildman–Crippen LogP) is -0.634. The molecule has 17 heavy (non-hydrogen) atoms. The second kappa shape index (κ2) is 6.77. The van der Waals surface area contributed by atoms with E-state index < -0.39 is 41.7 Å². The molecule has 0 rings (SSSR count). The number of carbonyl (C=O) groups excluding carboxylic acids is 1. The third kappa shape index (κ3) is 4.61. The number of amides is 1. The Kier molecular flexibility index (Phi) is 6.75. The molecular weight excluding hydrogens is 313 g/mol. The summed E-state index contributed by atoms with van der Waals surface area (Å²) < 4.78 is 44.6. The van der Waals surface area contributed by atoms with Gasteiger partial charge in [-0.1, -0.05) is 0 Å². The Morgan fingerprint density at radius 3 is 1.65 bits per heavy atom. The van der Waals surface area contributed by atoms with Crippen molar-refractivity contribution in [3.8, 4) is 0 Å². The normalized spacial score (nSPS) is 12.7. The summed E-state index contributed by atoms with van der Waals surface area (Å²) in [6.07, 6.45) is 0. The molecule has 1 N–H and O–H groups in total. The quantitative estimate of drug-likeness (QED) is 0.628. The number of alkyl halides is 2. The van der Waals surface area contributed by atoms with Gasteiger partial charge in [0.25, 0.3) is 5.91 Å². The Hall–Kier alpha value is -0.0500. The molecule has 0 fully saturated rings. The maximum Gasteiger partial charge on any atom is 0.253 e. The summed E-state index contributed by atoms with van der Waals surface area (Å²) in [5.74, 6) is -2.85. The number of hydrogen-bond donors (Lipinski definition) is 1. The third-order valence-corrected chi connectivity index (χ3v) is 7.70. The molecule has 0 atom stereocenters. The molecule has 0 unspecified atom stereocenters. The predicted molar refractivity (Wildman–Crippen MR) is 66.9 cm³/mol. The highest BCUT2D eigenvalue weighted by atomic mass is 35.5. The van der Waals surface area contributed by atoms with Crippen LogP contribution < -0.4 is 5.32 Å². The summed E-state index contributed by atoms with van der Waals surface area (Å²) in [7, 11) is -7.15. The Bertz CT molecular complexity index is 423. The highest BCUT2D eigenvalue weighted by molar-refractivity contribution is 8.10. The van der Waals surface area contributed by atoms with Crippen molar-refractivity contribution >= 4 is 48.8 Å². The molecule has 102 valence electrons. The summed E-state index contributed by atoms with van der Waals surface area (Å²) in [4.78, 5) is 11.4. The minimum atomic E-state index is -4.15. The van der Waals surface area contributed by atoms with E-state index in [-0.39, 0.29) is 11.8 Å². The monoisotopic (exact) mass is 325 g/mol. The number of halogens is 2. The molecule has 0 aromatic heterocycles. The maximum atomic E-state index is 11.7. The smallest absolute Gasteiger partial charge is 0.253 e. The molecule has 0 aliphatic carbocycles. The first kappa shape index (κ1) is 16.9. The van der Waals surface area contributed by atoms with Crippen LogP contribution in [0.4, 0.5) is 0 Å². The van der Waals surface area contributed by atoms with Crippen molar-refractivity contribution in [1.29, 1.82) is 0 Å². The van der Waals surface area contributed by atoms with Crippen LogP contribution in [0.1, 0.15) is 0 Å². The second-order valence-corrected chi connectivity index (χ2v) is 8.52. The number of hydrogen-bond acceptors (Lipinski definition) is 5. The van der Waals surface area contributed by atoms with Crippen LogP contribution in [0.5, 0.6) is 0 Å². The Labute approximate surface area is 110 Å². The minimum Gasteiger partial charge on any atom is -0.357 e. The van der Waals surface area contributed by atoms with Crippen LogP contribution in [0.2, 0.25) is 0 Å². The fraction of sp³-hybridized carbons (Fsp3) is 0.857. The van der Waals surface area contributed by atoms with Crippen LogP contribution in [-0.4, -0.2) is 57.6 Å². The first-order valence-electron chi connectivity index (χ1n) is 4.49. The van der Waals surface area contributed by atoms with Crippen LogP contribution >= 0.6 is 23.2 Å². The SMILES string of the molecule is CNC(=O)C(S(=O)(=O)CCCl)S(=O)(=O)CCCl. The van der Waals surface area contributed by atoms with Gasteiger partial charge in [0.05, 0.1) is 11.5 Å². The molecule has 0 saturated heterocycles. The largest absolute Gasteiger partial charge is 0.357 e. The van der Waals surface area contributed by atoms with Crippen molar-refractivity contribution < 1.29 is 21.6 Å². The number of nitrogens with one attached hydrogen (secondary N) is 1. The van der Waals surface area contributed by atoms with Crippen LogP contribution in [-0.2, 0) is 24.5 Å². The fourth-order valence-corrected chi connectivity index (χ4v) is 6.50. The molecule has 1 amide bonds. The summed E-state index contributed by atoms with van der Waals surface area (Å²) in [6.45, 7) is 0. The zero-order valence-corrected chi connectivity index (χ0v) is 12.2. The number of carbonyl (C=O) groups is 1. The van der Waals surface area contributed by atoms with Gasteiger partial charge in [-0.3, -0.25) is 4.79 Å². The van der Waals surface area contributed by atoms with Crippen molar-refractivity contribution in [2.24, 2.45) is 0 Å². The Balaban J connectivity index is 5.54. The lowest BCUT2D eigenvalue weighted by Crippen LogP contribution is -2.46. The van der Waals surface area contributed by atoms with E-state index in [1.807, 2.05) is 5.32 Å². The standard InChI is InChI=1S/C7H13Cl2NO5S2/c1-10-6(11)7(16(12,13)4-2-8)17(14,15)5-3-9/h7H,2-5H2,1H3,(H,10,11). The molecule has 10 heteroatoms. The number of rotatable bonds is 7. The van der Waals surface area contributed by atoms with Gasteiger partial charge < -0.3 is 5.32 Å². The second-order valence-electron chi connectivity index (χ2n) is 3.06. The van der Waals surface area contributed by atoms with Crippen molar-refractivity contribution in [3.05, 3.63) is 0 Å². The maximum absolute atomic E-state index is 11.7. The average Bonchev–Trinajstić information content (AvgIpc) is 2.16. The van der Waals surface area contributed by atoms with E-state index in [1.165, 1.54) is 0 Å². The summed E-state index contributed by atoms with van der Waals surface area (Å²) in [5.41, 5.74) is 0. The minimum absolute atomic E-state index is 0.285. The van der Waals surface area contributed by atoms with E-state index >= 15 is 0 Å². The fourth-order valence-electron chi connectivity index (χ4n) is 1.10. The molecule has 0 radical (unpaired) electrons. The zero-order chi connectivity index (χ0) is 13.7. The van der Waals surface area contributed by atoms with Gasteiger partial charge in [-0.15, -0.1) is 23.2 Å². The molecular formula is C7H13Cl2NO5S2. The van der Waals surface area contributed by atoms with E-state index in [1.54, 1.807) is 0 Å². The summed E-state index contributed by atoms with van der Waals surface area (Å²) in [6, 6.07) is 0. The van der Waals surface area contributed by atoms with E-state index in [2.05, 4.69) is 0 Å². The van der Waals surface area contributed by atoms with E-state index in [0.29, 0.717) is 0 Å². The molecule has 0 aliphatic heterocycles. The molecule has 0 saturated carbocycles. The highest BCUT2D eigenvalue weighted by Crippen LogP contribution is 2.13. The van der Waals surface area contributed by atoms with Gasteiger partial charge in [0, 0.05) is 18.8 Å². The van der Waals surface area contributed by atoms with Crippen LogP contribution in [0.15, 0.2) is 0 Å². The van der Waals surface area contributed by atoms with Gasteiger partial charge >= 0.3 is 0 Å². The van der Waals surface area contributed by atoms with Gasteiger partial charge in [0.15, 0.2) is 19.7 Å². The highest BCUT2D eigenvalue weighted by Gasteiger charge is 2.42. The summed E-state index contributed by atoms with van der Waals surface area (Å²) in [5, 5.41) is 2.01. The van der Waals surface area contributed by atoms with Crippen molar-refractivity contribution in [2.75, 3.05) is 30.3 Å². The van der Waals surface area contributed by atoms with Gasteiger partial charge in [-0.25, -0.2) is 16.8 Å². The van der Waals surface area contributed by atoms with Crippen LogP contribution in [0.3, 0.4) is 0 Å². The lowest BCUT2D eigenvalue weighted by molar-refractivity contribution is -0.118. The lowest BCUT2D eigenvalue weighted by atomic mass is 10.7. The lowest BCUT2D eigenvalue weighted by Gasteiger charge is -2.15. The van der Waals surface area contributed by atoms with Crippen LogP contribution in [0, 0.1) is 0 Å². The topological polar surface area (TPSA) is 97.4 Å². The molecule has 0 heterocycles. The van der Waals surface area contributed by atoms with Gasteiger partial charge in [-0.2, -0.15) is 0 Å². The molecule has 6 nitrogen and oxygen atoms in total. The van der Waals surface area contributed by atoms with Gasteiger partial charge in [-0.05, 0) is 0 Å². The van der Waals surface area contributed by atoms with Crippen LogP contribution in [0.25, 0.3) is 0 Å². The molecule has 0 bridgehead atoms. The van der Waals surface area contributed by atoms with E-state index in [9.17, 15) is 21.6 Å². The summed E-state index contributed by atoms with van der Waals surface area (Å²) >= 11 is 10.5. The first-order chi connectivity index (χ1) is 7.72. The zero-order valence-electron chi connectivity index (χ0n) is 9.02. The molecule has 0 aliphatic rings. The molecule has 0 aromatic carbocycles. The van der Waals surface area contributed by atoms with Gasteiger partial charge in [0.2, 0.25) is 4.58 Å². The molecule has 0 aromatic rings. The molecule has 0 spiro atoms. The third-order valence-electron chi connectivity index (χ3n) is 1.84. The van der Waals surface area contributed by atoms with Crippen molar-refractivity contribution in [1.82, 2.24) is 5.32 Å². The van der Waals surface area contributed by atoms with E-state index in [4.69, 9.17) is 23.2 Å². The van der Waals surface area contributed by atoms with Gasteiger partial charge in [0.1, 0.15) is 0 Å². The Morgan fingerprint density at radius 1 is 1.06 bits per heavy atom. The Morgan fingerprint density at radius 2 is 1.41 bits per heavy atom. The first-order valence-corrected chi connectivity index (χ1v) is 8.99. The van der Waals surface area contributed by atoms with E-state index in [0.717, 1.165) is 7.05 Å². The average molecular weight is 326 g/mol.